The maximum atomic E-state index is 12.1. The van der Waals surface area contributed by atoms with Crippen LogP contribution in [-0.4, -0.2) is 20.3 Å². The lowest BCUT2D eigenvalue weighted by atomic mass is 10.1. The Bertz CT molecular complexity index is 828. The number of aryl methyl sites for hydroxylation is 1. The molecule has 2 N–H and O–H groups in total. The fourth-order valence-electron chi connectivity index (χ4n) is 2.29. The molecule has 116 valence electrons. The van der Waals surface area contributed by atoms with Crippen LogP contribution in [0.3, 0.4) is 0 Å². The summed E-state index contributed by atoms with van der Waals surface area (Å²) in [5.74, 6) is -0.696. The number of H-pyrrole nitrogens is 1. The van der Waals surface area contributed by atoms with E-state index in [0.717, 1.165) is 5.56 Å². The number of hydrogen-bond donors (Lipinski definition) is 2. The van der Waals surface area contributed by atoms with Crippen molar-refractivity contribution < 1.29 is 9.90 Å². The first-order valence-corrected chi connectivity index (χ1v) is 7.64. The number of hydrogen-bond acceptors (Lipinski definition) is 3. The average Bonchev–Trinajstić information content (AvgIpc) is 2.81. The van der Waals surface area contributed by atoms with E-state index >= 15 is 0 Å². The zero-order valence-corrected chi connectivity index (χ0v) is 14.0. The molecule has 0 unspecified atom stereocenters. The molecule has 1 atom stereocenters. The summed E-state index contributed by atoms with van der Waals surface area (Å²) in [5.41, 5.74) is 0.674. The summed E-state index contributed by atoms with van der Waals surface area (Å²) in [6.45, 7) is 3.45. The number of alkyl halides is 2. The first kappa shape index (κ1) is 15.6. The van der Waals surface area contributed by atoms with E-state index in [9.17, 15) is 9.90 Å². The predicted molar refractivity (Wildman–Crippen MR) is 86.4 cm³/mol. The molecule has 1 fully saturated rings. The average molecular weight is 361 g/mol. The molecule has 5 nitrogen and oxygen atoms in total. The van der Waals surface area contributed by atoms with Crippen molar-refractivity contribution in [2.24, 2.45) is 15.6 Å². The van der Waals surface area contributed by atoms with Crippen molar-refractivity contribution in [3.63, 3.8) is 0 Å². The third kappa shape index (κ3) is 2.19. The molecule has 1 saturated carbocycles. The van der Waals surface area contributed by atoms with E-state index in [1.165, 1.54) is 0 Å². The van der Waals surface area contributed by atoms with Crippen LogP contribution in [0.15, 0.2) is 22.4 Å². The van der Waals surface area contributed by atoms with E-state index in [-0.39, 0.29) is 11.6 Å². The molecular weight excluding hydrogens is 349 g/mol. The number of halogens is 3. The molecule has 0 bridgehead atoms. The normalized spacial score (nSPS) is 23.3. The van der Waals surface area contributed by atoms with E-state index < -0.39 is 15.7 Å². The Labute approximate surface area is 141 Å². The van der Waals surface area contributed by atoms with Gasteiger partial charge in [-0.25, -0.2) is 0 Å². The quantitative estimate of drug-likeness (QED) is 0.582. The Morgan fingerprint density at radius 2 is 2.05 bits per heavy atom. The summed E-state index contributed by atoms with van der Waals surface area (Å²) >= 11 is 17.9. The molecule has 1 aliphatic rings. The summed E-state index contributed by atoms with van der Waals surface area (Å²) in [6, 6.07) is 3.39. The highest BCUT2D eigenvalue weighted by Gasteiger charge is 2.68. The van der Waals surface area contributed by atoms with Gasteiger partial charge < -0.3 is 10.1 Å². The van der Waals surface area contributed by atoms with Gasteiger partial charge in [0.2, 0.25) is 5.88 Å². The van der Waals surface area contributed by atoms with Crippen LogP contribution < -0.4 is 0 Å². The maximum Gasteiger partial charge on any atom is 0.273 e. The van der Waals surface area contributed by atoms with Crippen molar-refractivity contribution in [3.8, 4) is 5.88 Å². The Morgan fingerprint density at radius 3 is 2.64 bits per heavy atom. The smallest absolute Gasteiger partial charge is 0.273 e. The first-order chi connectivity index (χ1) is 10.2. The number of aromatic amines is 1. The van der Waals surface area contributed by atoms with Crippen molar-refractivity contribution in [2.75, 3.05) is 0 Å². The summed E-state index contributed by atoms with van der Waals surface area (Å²) in [7, 11) is 0. The number of benzene rings is 1. The number of aromatic hydroxyl groups is 1. The van der Waals surface area contributed by atoms with E-state index in [1.807, 2.05) is 6.92 Å². The summed E-state index contributed by atoms with van der Waals surface area (Å²) in [4.78, 5) is 14.8. The highest BCUT2D eigenvalue weighted by molar-refractivity contribution is 6.53. The molecule has 0 radical (unpaired) electrons. The van der Waals surface area contributed by atoms with E-state index in [4.69, 9.17) is 34.8 Å². The summed E-state index contributed by atoms with van der Waals surface area (Å²) in [5, 5.41) is 18.7. The topological polar surface area (TPSA) is 77.8 Å². The van der Waals surface area contributed by atoms with E-state index in [0.29, 0.717) is 22.3 Å². The van der Waals surface area contributed by atoms with Gasteiger partial charge in [0.05, 0.1) is 10.9 Å². The van der Waals surface area contributed by atoms with Gasteiger partial charge in [0.1, 0.15) is 4.33 Å². The number of aromatic nitrogens is 1. The number of azo groups is 1. The van der Waals surface area contributed by atoms with Crippen molar-refractivity contribution in [1.29, 1.82) is 0 Å². The lowest BCUT2D eigenvalue weighted by Gasteiger charge is -2.04. The summed E-state index contributed by atoms with van der Waals surface area (Å²) < 4.78 is -1.10. The minimum Gasteiger partial charge on any atom is -0.493 e. The van der Waals surface area contributed by atoms with Gasteiger partial charge >= 0.3 is 0 Å². The molecule has 22 heavy (non-hydrogen) atoms. The second-order valence-electron chi connectivity index (χ2n) is 5.64. The van der Waals surface area contributed by atoms with E-state index in [2.05, 4.69) is 15.2 Å². The second kappa shape index (κ2) is 4.85. The van der Waals surface area contributed by atoms with Crippen LogP contribution in [0.25, 0.3) is 10.9 Å². The molecule has 1 aromatic heterocycles. The third-order valence-corrected chi connectivity index (χ3v) is 5.60. The number of nitrogens with zero attached hydrogens (tertiary/aromatic N) is 2. The summed E-state index contributed by atoms with van der Waals surface area (Å²) in [6.07, 6.45) is 0.329. The number of carbonyl (C=O) groups excluding carboxylic acids is 1. The SMILES string of the molecule is Cc1c(Cl)ccc2c(N=NC(=O)[C@@]3(C)CC3(Cl)Cl)c(O)[nH]c12. The van der Waals surface area contributed by atoms with Gasteiger partial charge in [0.15, 0.2) is 5.69 Å². The number of rotatable bonds is 2. The van der Waals surface area contributed by atoms with Gasteiger partial charge in [0.25, 0.3) is 5.91 Å². The molecule has 1 aliphatic carbocycles. The largest absolute Gasteiger partial charge is 0.493 e. The first-order valence-electron chi connectivity index (χ1n) is 6.51. The lowest BCUT2D eigenvalue weighted by molar-refractivity contribution is -0.122. The van der Waals surface area contributed by atoms with Gasteiger partial charge in [-0.3, -0.25) is 4.79 Å². The van der Waals surface area contributed by atoms with Crippen LogP contribution >= 0.6 is 34.8 Å². The van der Waals surface area contributed by atoms with Crippen LogP contribution in [0.1, 0.15) is 18.9 Å². The highest BCUT2D eigenvalue weighted by Crippen LogP contribution is 2.64. The minimum absolute atomic E-state index is 0.180. The Morgan fingerprint density at radius 1 is 1.41 bits per heavy atom. The van der Waals surface area contributed by atoms with E-state index in [1.54, 1.807) is 19.1 Å². The van der Waals surface area contributed by atoms with Gasteiger partial charge in [-0.1, -0.05) is 11.6 Å². The molecule has 8 heteroatoms. The number of fused-ring (bicyclic) bond motifs is 1. The second-order valence-corrected chi connectivity index (χ2v) is 7.53. The molecule has 2 aromatic rings. The van der Waals surface area contributed by atoms with Crippen LogP contribution in [0.4, 0.5) is 5.69 Å². The number of carbonyl (C=O) groups is 1. The standard InChI is InChI=1S/C14H12Cl3N3O2/c1-6-8(15)4-3-7-9(6)18-11(21)10(7)19-20-12(22)13(2)5-14(13,16)17/h3-4,18,21H,5H2,1-2H3/t13-/m1/s1. The highest BCUT2D eigenvalue weighted by atomic mass is 35.5. The molecule has 0 aliphatic heterocycles. The van der Waals surface area contributed by atoms with Gasteiger partial charge in [-0.2, -0.15) is 0 Å². The van der Waals surface area contributed by atoms with Crippen molar-refractivity contribution in [2.45, 2.75) is 24.6 Å². The Hall–Kier alpha value is -1.30. The van der Waals surface area contributed by atoms with Crippen LogP contribution in [0, 0.1) is 12.3 Å². The monoisotopic (exact) mass is 359 g/mol. The molecule has 1 amide bonds. The van der Waals surface area contributed by atoms with Crippen LogP contribution in [-0.2, 0) is 4.79 Å². The molecular formula is C14H12Cl3N3O2. The maximum absolute atomic E-state index is 12.1. The zero-order chi connectivity index (χ0) is 16.3. The van der Waals surface area contributed by atoms with Crippen LogP contribution in [0.5, 0.6) is 5.88 Å². The molecule has 3 rings (SSSR count). The number of nitrogens with one attached hydrogen (secondary N) is 1. The fraction of sp³-hybridized carbons (Fsp3) is 0.357. The van der Waals surface area contributed by atoms with Crippen LogP contribution in [0.2, 0.25) is 5.02 Å². The Balaban J connectivity index is 1.98. The fourth-order valence-corrected chi connectivity index (χ4v) is 3.14. The Kier molecular flexibility index (Phi) is 3.43. The molecule has 0 spiro atoms. The molecule has 0 saturated heterocycles. The van der Waals surface area contributed by atoms with Gasteiger partial charge in [0, 0.05) is 10.4 Å². The van der Waals surface area contributed by atoms with Gasteiger partial charge in [-0.15, -0.1) is 33.4 Å². The zero-order valence-electron chi connectivity index (χ0n) is 11.7. The molecule has 1 heterocycles. The lowest BCUT2D eigenvalue weighted by Crippen LogP contribution is -2.15. The van der Waals surface area contributed by atoms with Crippen molar-refractivity contribution in [1.82, 2.24) is 4.98 Å². The predicted octanol–water partition coefficient (Wildman–Crippen LogP) is 5.03. The third-order valence-electron chi connectivity index (χ3n) is 4.09. The van der Waals surface area contributed by atoms with Gasteiger partial charge in [-0.05, 0) is 38.0 Å². The van der Waals surface area contributed by atoms with Crippen molar-refractivity contribution in [3.05, 3.63) is 22.7 Å². The van der Waals surface area contributed by atoms with Crippen molar-refractivity contribution >= 4 is 57.3 Å². The minimum atomic E-state index is -1.10. The molecule has 1 aromatic carbocycles. The number of amides is 1.